The van der Waals surface area contributed by atoms with E-state index in [0.717, 1.165) is 12.8 Å². The highest BCUT2D eigenvalue weighted by Crippen LogP contribution is 2.28. The molecule has 4 N–H and O–H groups in total. The van der Waals surface area contributed by atoms with E-state index in [9.17, 15) is 15.0 Å². The molecule has 0 aliphatic carbocycles. The fourth-order valence-electron chi connectivity index (χ4n) is 2.46. The summed E-state index contributed by atoms with van der Waals surface area (Å²) >= 11 is 0. The van der Waals surface area contributed by atoms with Gasteiger partial charge in [-0.2, -0.15) is 0 Å². The summed E-state index contributed by atoms with van der Waals surface area (Å²) in [4.78, 5) is 11.8. The highest BCUT2D eigenvalue weighted by atomic mass is 16.6. The van der Waals surface area contributed by atoms with Crippen molar-refractivity contribution in [3.05, 3.63) is 23.8 Å². The lowest BCUT2D eigenvalue weighted by atomic mass is 10.0. The third-order valence-corrected chi connectivity index (χ3v) is 3.50. The van der Waals surface area contributed by atoms with Crippen LogP contribution >= 0.6 is 0 Å². The van der Waals surface area contributed by atoms with Crippen LogP contribution in [0.3, 0.4) is 0 Å². The van der Waals surface area contributed by atoms with Gasteiger partial charge in [0.1, 0.15) is 17.1 Å². The van der Waals surface area contributed by atoms with Gasteiger partial charge in [-0.3, -0.25) is 0 Å². The molecule has 1 amide bonds. The molecule has 24 heavy (non-hydrogen) atoms. The second kappa shape index (κ2) is 8.78. The fourth-order valence-corrected chi connectivity index (χ4v) is 2.46. The van der Waals surface area contributed by atoms with E-state index in [1.807, 2.05) is 27.7 Å². The first-order valence-corrected chi connectivity index (χ1v) is 8.37. The predicted molar refractivity (Wildman–Crippen MR) is 94.3 cm³/mol. The van der Waals surface area contributed by atoms with Crippen LogP contribution in [-0.4, -0.2) is 34.5 Å². The van der Waals surface area contributed by atoms with Gasteiger partial charge in [-0.05, 0) is 40.2 Å². The van der Waals surface area contributed by atoms with Crippen molar-refractivity contribution in [1.29, 1.82) is 0 Å². The van der Waals surface area contributed by atoms with E-state index in [2.05, 4.69) is 17.6 Å². The van der Waals surface area contributed by atoms with Crippen LogP contribution in [0, 0.1) is 0 Å². The summed E-state index contributed by atoms with van der Waals surface area (Å²) in [7, 11) is 0. The Morgan fingerprint density at radius 3 is 2.50 bits per heavy atom. The molecular weight excluding hydrogens is 308 g/mol. The van der Waals surface area contributed by atoms with E-state index >= 15 is 0 Å². The van der Waals surface area contributed by atoms with Gasteiger partial charge in [-0.1, -0.05) is 19.4 Å². The number of benzene rings is 1. The van der Waals surface area contributed by atoms with Gasteiger partial charge < -0.3 is 25.6 Å². The van der Waals surface area contributed by atoms with Crippen LogP contribution in [0.25, 0.3) is 0 Å². The Balaban J connectivity index is 2.63. The average molecular weight is 338 g/mol. The maximum absolute atomic E-state index is 11.8. The number of nitrogens with one attached hydrogen (secondary N) is 2. The molecule has 0 radical (unpaired) electrons. The first-order chi connectivity index (χ1) is 11.1. The lowest BCUT2D eigenvalue weighted by Crippen LogP contribution is -2.43. The Morgan fingerprint density at radius 2 is 1.96 bits per heavy atom. The van der Waals surface area contributed by atoms with Crippen molar-refractivity contribution in [2.45, 2.75) is 65.1 Å². The molecule has 0 aliphatic heterocycles. The summed E-state index contributed by atoms with van der Waals surface area (Å²) in [5.41, 5.74) is 0.175. The number of phenolic OH excluding ortho intramolecular Hbond substituents is 2. The Morgan fingerprint density at radius 1 is 1.29 bits per heavy atom. The highest BCUT2D eigenvalue weighted by molar-refractivity contribution is 5.67. The number of hydrogen-bond acceptors (Lipinski definition) is 5. The smallest absolute Gasteiger partial charge is 0.407 e. The first kappa shape index (κ1) is 20.1. The number of rotatable bonds is 7. The number of alkyl carbamates (subject to hydrolysis) is 1. The summed E-state index contributed by atoms with van der Waals surface area (Å²) < 4.78 is 5.24. The topological polar surface area (TPSA) is 90.8 Å². The van der Waals surface area contributed by atoms with Crippen molar-refractivity contribution >= 4 is 6.09 Å². The molecule has 0 bridgehead atoms. The zero-order valence-corrected chi connectivity index (χ0v) is 15.2. The second-order valence-corrected chi connectivity index (χ2v) is 7.00. The number of amides is 1. The normalized spacial score (nSPS) is 14.0. The Kier molecular flexibility index (Phi) is 7.35. The van der Waals surface area contributed by atoms with Crippen molar-refractivity contribution in [3.8, 4) is 11.5 Å². The molecule has 136 valence electrons. The van der Waals surface area contributed by atoms with Crippen molar-refractivity contribution in [1.82, 2.24) is 10.6 Å². The zero-order valence-electron chi connectivity index (χ0n) is 15.2. The molecule has 0 fully saturated rings. The summed E-state index contributed by atoms with van der Waals surface area (Å²) in [5.74, 6) is 0.0745. The summed E-state index contributed by atoms with van der Waals surface area (Å²) in [6, 6.07) is 4.47. The van der Waals surface area contributed by atoms with Gasteiger partial charge >= 0.3 is 6.09 Å². The van der Waals surface area contributed by atoms with Crippen LogP contribution in [-0.2, 0) is 4.74 Å². The molecule has 2 atom stereocenters. The third-order valence-electron chi connectivity index (χ3n) is 3.50. The molecule has 1 aromatic carbocycles. The first-order valence-electron chi connectivity index (χ1n) is 8.37. The Hall–Kier alpha value is -1.95. The van der Waals surface area contributed by atoms with Gasteiger partial charge in [0.05, 0.1) is 0 Å². The quantitative estimate of drug-likeness (QED) is 0.611. The molecule has 0 aromatic heterocycles. The van der Waals surface area contributed by atoms with Gasteiger partial charge in [0, 0.05) is 30.3 Å². The molecule has 0 heterocycles. The Bertz CT molecular complexity index is 540. The molecule has 1 rings (SSSR count). The third kappa shape index (κ3) is 7.08. The van der Waals surface area contributed by atoms with Crippen LogP contribution in [0.2, 0.25) is 0 Å². The van der Waals surface area contributed by atoms with Crippen LogP contribution in [0.4, 0.5) is 4.79 Å². The fraction of sp³-hybridized carbons (Fsp3) is 0.611. The van der Waals surface area contributed by atoms with Crippen molar-refractivity contribution in [3.63, 3.8) is 0 Å². The molecule has 2 unspecified atom stereocenters. The number of phenols is 2. The van der Waals surface area contributed by atoms with Crippen LogP contribution in [0.1, 0.15) is 59.1 Å². The van der Waals surface area contributed by atoms with E-state index in [0.29, 0.717) is 12.1 Å². The van der Waals surface area contributed by atoms with Crippen LogP contribution < -0.4 is 10.6 Å². The Labute approximate surface area is 144 Å². The van der Waals surface area contributed by atoms with Gasteiger partial charge in [0.2, 0.25) is 0 Å². The van der Waals surface area contributed by atoms with Gasteiger partial charge in [-0.25, -0.2) is 4.79 Å². The maximum Gasteiger partial charge on any atom is 0.407 e. The molecule has 6 nitrogen and oxygen atoms in total. The molecule has 0 spiro atoms. The molecule has 1 aromatic rings. The minimum atomic E-state index is -0.525. The highest BCUT2D eigenvalue weighted by Gasteiger charge is 2.19. The zero-order chi connectivity index (χ0) is 18.3. The predicted octanol–water partition coefficient (Wildman–Crippen LogP) is 3.44. The summed E-state index contributed by atoms with van der Waals surface area (Å²) in [6.45, 7) is 9.91. The van der Waals surface area contributed by atoms with Gasteiger partial charge in [0.15, 0.2) is 0 Å². The maximum atomic E-state index is 11.8. The number of hydrogen-bond donors (Lipinski definition) is 4. The number of ether oxygens (including phenoxy) is 1. The van der Waals surface area contributed by atoms with E-state index in [1.54, 1.807) is 12.1 Å². The van der Waals surface area contributed by atoms with Gasteiger partial charge in [-0.15, -0.1) is 0 Å². The monoisotopic (exact) mass is 338 g/mol. The molecule has 6 heteroatoms. The molecule has 0 saturated heterocycles. The van der Waals surface area contributed by atoms with Crippen molar-refractivity contribution in [2.75, 3.05) is 6.54 Å². The van der Waals surface area contributed by atoms with Gasteiger partial charge in [0.25, 0.3) is 0 Å². The number of aromatic hydroxyl groups is 2. The van der Waals surface area contributed by atoms with E-state index < -0.39 is 11.7 Å². The summed E-state index contributed by atoms with van der Waals surface area (Å²) in [5, 5.41) is 25.5. The lowest BCUT2D eigenvalue weighted by molar-refractivity contribution is 0.0521. The SMILES string of the molecule is CCCC(CNC(=O)OC(C)(C)C)NC(C)c1ccc(O)cc1O. The summed E-state index contributed by atoms with van der Waals surface area (Å²) in [6.07, 6.45) is 1.39. The lowest BCUT2D eigenvalue weighted by Gasteiger charge is -2.25. The molecule has 0 aliphatic rings. The molecule has 0 saturated carbocycles. The minimum Gasteiger partial charge on any atom is -0.508 e. The minimum absolute atomic E-state index is 0.0279. The van der Waals surface area contributed by atoms with E-state index in [-0.39, 0.29) is 23.6 Å². The largest absolute Gasteiger partial charge is 0.508 e. The van der Waals surface area contributed by atoms with Crippen molar-refractivity contribution < 1.29 is 19.7 Å². The number of carbonyl (C=O) groups excluding carboxylic acids is 1. The second-order valence-electron chi connectivity index (χ2n) is 7.00. The standard InChI is InChI=1S/C18H30N2O4/c1-6-7-13(11-19-17(23)24-18(3,4)5)20-12(2)15-9-8-14(21)10-16(15)22/h8-10,12-13,20-22H,6-7,11H2,1-5H3,(H,19,23). The number of carbonyl (C=O) groups is 1. The molecular formula is C18H30N2O4. The van der Waals surface area contributed by atoms with Crippen LogP contribution in [0.5, 0.6) is 11.5 Å². The van der Waals surface area contributed by atoms with Crippen molar-refractivity contribution in [2.24, 2.45) is 0 Å². The van der Waals surface area contributed by atoms with Crippen LogP contribution in [0.15, 0.2) is 18.2 Å². The van der Waals surface area contributed by atoms with E-state index in [4.69, 9.17) is 4.74 Å². The average Bonchev–Trinajstić information content (AvgIpc) is 2.43. The van der Waals surface area contributed by atoms with E-state index in [1.165, 1.54) is 6.07 Å².